The van der Waals surface area contributed by atoms with Crippen molar-refractivity contribution in [3.63, 3.8) is 0 Å². The number of amides is 1. The molecule has 116 valence electrons. The molecule has 0 aromatic heterocycles. The maximum atomic E-state index is 13.4. The van der Waals surface area contributed by atoms with Gasteiger partial charge in [-0.2, -0.15) is 0 Å². The number of halogens is 1. The van der Waals surface area contributed by atoms with Gasteiger partial charge in [0.25, 0.3) is 11.6 Å². The largest absolute Gasteiger partial charge is 0.393 e. The summed E-state index contributed by atoms with van der Waals surface area (Å²) >= 11 is 0. The van der Waals surface area contributed by atoms with Gasteiger partial charge in [-0.15, -0.1) is 0 Å². The standard InChI is InChI=1S/C13H18FN3O4/c1-4-21-13(2,3)7-16-12(18)9-5-8(14)6-10(11(9)15)17(19)20/h5-6H,4,7,15H2,1-3H3,(H,16,18). The molecule has 0 radical (unpaired) electrons. The molecule has 1 rings (SSSR count). The minimum Gasteiger partial charge on any atom is -0.393 e. The van der Waals surface area contributed by atoms with Crippen LogP contribution in [0.3, 0.4) is 0 Å². The van der Waals surface area contributed by atoms with Crippen molar-refractivity contribution in [3.8, 4) is 0 Å². The zero-order valence-corrected chi connectivity index (χ0v) is 12.1. The molecule has 0 heterocycles. The van der Waals surface area contributed by atoms with Gasteiger partial charge in [-0.25, -0.2) is 4.39 Å². The summed E-state index contributed by atoms with van der Waals surface area (Å²) in [6.07, 6.45) is 0. The summed E-state index contributed by atoms with van der Waals surface area (Å²) in [4.78, 5) is 21.9. The first-order valence-electron chi connectivity index (χ1n) is 6.33. The van der Waals surface area contributed by atoms with Crippen LogP contribution in [0.25, 0.3) is 0 Å². The highest BCUT2D eigenvalue weighted by Gasteiger charge is 2.24. The van der Waals surface area contributed by atoms with Crippen molar-refractivity contribution in [2.75, 3.05) is 18.9 Å². The van der Waals surface area contributed by atoms with Gasteiger partial charge in [0.05, 0.1) is 22.2 Å². The van der Waals surface area contributed by atoms with Crippen LogP contribution in [-0.4, -0.2) is 29.6 Å². The van der Waals surface area contributed by atoms with Crippen LogP contribution >= 0.6 is 0 Å². The molecule has 21 heavy (non-hydrogen) atoms. The first-order valence-corrected chi connectivity index (χ1v) is 6.33. The van der Waals surface area contributed by atoms with E-state index < -0.39 is 27.9 Å². The van der Waals surface area contributed by atoms with E-state index in [9.17, 15) is 19.3 Å². The highest BCUT2D eigenvalue weighted by atomic mass is 19.1. The number of hydrogen-bond donors (Lipinski definition) is 2. The number of nitrogens with two attached hydrogens (primary N) is 1. The van der Waals surface area contributed by atoms with Crippen LogP contribution in [0.5, 0.6) is 0 Å². The van der Waals surface area contributed by atoms with E-state index in [2.05, 4.69) is 5.32 Å². The number of nitrogen functional groups attached to an aromatic ring is 1. The van der Waals surface area contributed by atoms with Gasteiger partial charge in [0.15, 0.2) is 0 Å². The van der Waals surface area contributed by atoms with Crippen LogP contribution < -0.4 is 11.1 Å². The third kappa shape index (κ3) is 4.38. The number of nitrogens with one attached hydrogen (secondary N) is 1. The highest BCUT2D eigenvalue weighted by Crippen LogP contribution is 2.26. The summed E-state index contributed by atoms with van der Waals surface area (Å²) in [5, 5.41) is 13.3. The van der Waals surface area contributed by atoms with Gasteiger partial charge < -0.3 is 15.8 Å². The molecule has 7 nitrogen and oxygen atoms in total. The van der Waals surface area contributed by atoms with Crippen molar-refractivity contribution in [2.45, 2.75) is 26.4 Å². The van der Waals surface area contributed by atoms with Crippen LogP contribution in [0, 0.1) is 15.9 Å². The molecule has 0 aliphatic carbocycles. The van der Waals surface area contributed by atoms with E-state index in [0.717, 1.165) is 6.07 Å². The van der Waals surface area contributed by atoms with Gasteiger partial charge >= 0.3 is 0 Å². The zero-order chi connectivity index (χ0) is 16.2. The number of nitro benzene ring substituents is 1. The lowest BCUT2D eigenvalue weighted by atomic mass is 10.1. The number of nitrogens with zero attached hydrogens (tertiary/aromatic N) is 1. The van der Waals surface area contributed by atoms with Crippen LogP contribution in [0.1, 0.15) is 31.1 Å². The molecule has 8 heteroatoms. The molecule has 0 unspecified atom stereocenters. The quantitative estimate of drug-likeness (QED) is 0.473. The number of ether oxygens (including phenoxy) is 1. The third-order valence-corrected chi connectivity index (χ3v) is 2.77. The van der Waals surface area contributed by atoms with E-state index in [1.54, 1.807) is 13.8 Å². The fourth-order valence-electron chi connectivity index (χ4n) is 1.77. The van der Waals surface area contributed by atoms with Crippen LogP contribution in [0.15, 0.2) is 12.1 Å². The minimum atomic E-state index is -0.898. The van der Waals surface area contributed by atoms with Crippen LogP contribution in [-0.2, 0) is 4.74 Å². The molecule has 0 saturated carbocycles. The fourth-order valence-corrected chi connectivity index (χ4v) is 1.77. The molecule has 0 bridgehead atoms. The average molecular weight is 299 g/mol. The Bertz CT molecular complexity index is 561. The fraction of sp³-hybridized carbons (Fsp3) is 0.462. The minimum absolute atomic E-state index is 0.156. The van der Waals surface area contributed by atoms with Crippen molar-refractivity contribution >= 4 is 17.3 Å². The van der Waals surface area contributed by atoms with Crippen molar-refractivity contribution in [2.24, 2.45) is 0 Å². The third-order valence-electron chi connectivity index (χ3n) is 2.77. The van der Waals surface area contributed by atoms with Gasteiger partial charge in [0.1, 0.15) is 11.5 Å². The lowest BCUT2D eigenvalue weighted by molar-refractivity contribution is -0.384. The molecule has 0 fully saturated rings. The van der Waals surface area contributed by atoms with Gasteiger partial charge in [-0.05, 0) is 26.8 Å². The number of hydrogen-bond acceptors (Lipinski definition) is 5. The Hall–Kier alpha value is -2.22. The SMILES string of the molecule is CCOC(C)(C)CNC(=O)c1cc(F)cc([N+](=O)[O-])c1N. The first-order chi connectivity index (χ1) is 9.68. The highest BCUT2D eigenvalue weighted by molar-refractivity contribution is 6.01. The van der Waals surface area contributed by atoms with E-state index in [-0.39, 0.29) is 17.8 Å². The second-order valence-electron chi connectivity index (χ2n) is 5.02. The summed E-state index contributed by atoms with van der Waals surface area (Å²) in [5.41, 5.74) is 3.67. The van der Waals surface area contributed by atoms with Gasteiger partial charge in [0.2, 0.25) is 0 Å². The Morgan fingerprint density at radius 1 is 1.52 bits per heavy atom. The van der Waals surface area contributed by atoms with Crippen LogP contribution in [0.2, 0.25) is 0 Å². The molecular weight excluding hydrogens is 281 g/mol. The van der Waals surface area contributed by atoms with E-state index in [4.69, 9.17) is 10.5 Å². The molecule has 0 aliphatic rings. The Kier molecular flexibility index (Phi) is 5.20. The number of nitro groups is 1. The second kappa shape index (κ2) is 6.49. The van der Waals surface area contributed by atoms with Gasteiger partial charge in [0, 0.05) is 13.2 Å². The van der Waals surface area contributed by atoms with E-state index >= 15 is 0 Å². The smallest absolute Gasteiger partial charge is 0.295 e. The number of benzene rings is 1. The Labute approximate surface area is 121 Å². The molecule has 0 atom stereocenters. The van der Waals surface area contributed by atoms with Crippen molar-refractivity contribution in [3.05, 3.63) is 33.6 Å². The zero-order valence-electron chi connectivity index (χ0n) is 12.1. The van der Waals surface area contributed by atoms with Gasteiger partial charge in [-0.1, -0.05) is 0 Å². The maximum absolute atomic E-state index is 13.4. The lowest BCUT2D eigenvalue weighted by Gasteiger charge is -2.25. The normalized spacial score (nSPS) is 11.2. The Morgan fingerprint density at radius 3 is 2.67 bits per heavy atom. The molecule has 1 aromatic rings. The average Bonchev–Trinajstić information content (AvgIpc) is 2.38. The summed E-state index contributed by atoms with van der Waals surface area (Å²) < 4.78 is 18.8. The predicted molar refractivity (Wildman–Crippen MR) is 75.5 cm³/mol. The van der Waals surface area contributed by atoms with Crippen molar-refractivity contribution < 1.29 is 18.8 Å². The first kappa shape index (κ1) is 16.8. The molecule has 1 aromatic carbocycles. The summed E-state index contributed by atoms with van der Waals surface area (Å²) in [6, 6.07) is 1.54. The maximum Gasteiger partial charge on any atom is 0.295 e. The number of carbonyl (C=O) groups is 1. The predicted octanol–water partition coefficient (Wildman–Crippen LogP) is 1.86. The second-order valence-corrected chi connectivity index (χ2v) is 5.02. The molecule has 1 amide bonds. The summed E-state index contributed by atoms with van der Waals surface area (Å²) in [5.74, 6) is -1.59. The lowest BCUT2D eigenvalue weighted by Crippen LogP contribution is -2.40. The molecule has 0 aliphatic heterocycles. The van der Waals surface area contributed by atoms with Gasteiger partial charge in [-0.3, -0.25) is 14.9 Å². The van der Waals surface area contributed by atoms with E-state index in [0.29, 0.717) is 12.7 Å². The molecular formula is C13H18FN3O4. The van der Waals surface area contributed by atoms with Crippen molar-refractivity contribution in [1.82, 2.24) is 5.32 Å². The number of rotatable bonds is 6. The molecule has 3 N–H and O–H groups in total. The van der Waals surface area contributed by atoms with Crippen molar-refractivity contribution in [1.29, 1.82) is 0 Å². The summed E-state index contributed by atoms with van der Waals surface area (Å²) in [7, 11) is 0. The monoisotopic (exact) mass is 299 g/mol. The Balaban J connectivity index is 2.96. The van der Waals surface area contributed by atoms with E-state index in [1.807, 2.05) is 6.92 Å². The number of carbonyl (C=O) groups excluding carboxylic acids is 1. The van der Waals surface area contributed by atoms with E-state index in [1.165, 1.54) is 0 Å². The number of anilines is 1. The summed E-state index contributed by atoms with van der Waals surface area (Å²) in [6.45, 7) is 5.99. The molecule has 0 spiro atoms. The topological polar surface area (TPSA) is 107 Å². The van der Waals surface area contributed by atoms with Crippen LogP contribution in [0.4, 0.5) is 15.8 Å². The molecule has 0 saturated heterocycles. The Morgan fingerprint density at radius 2 is 2.14 bits per heavy atom.